The summed E-state index contributed by atoms with van der Waals surface area (Å²) in [4.78, 5) is 3.45. The molecule has 2 heterocycles. The smallest absolute Gasteiger partial charge is 0.128 e. The van der Waals surface area contributed by atoms with Crippen LogP contribution in [0.1, 0.15) is 32.3 Å². The van der Waals surface area contributed by atoms with Gasteiger partial charge in [0.1, 0.15) is 11.0 Å². The van der Waals surface area contributed by atoms with Crippen molar-refractivity contribution < 1.29 is 8.95 Å². The largest absolute Gasteiger partial charge is 0.379 e. The lowest BCUT2D eigenvalue weighted by Crippen LogP contribution is -2.53. The van der Waals surface area contributed by atoms with Gasteiger partial charge < -0.3 is 4.74 Å². The topological polar surface area (TPSA) is 32.8 Å². The van der Waals surface area contributed by atoms with Crippen LogP contribution in [0.2, 0.25) is 0 Å². The number of hydrogen-bond donors (Lipinski definition) is 0. The highest BCUT2D eigenvalue weighted by atomic mass is 32.2. The molecular weight excluding hydrogens is 308 g/mol. The fraction of sp³-hybridized carbons (Fsp3) is 0.667. The first kappa shape index (κ1) is 17.1. The van der Waals surface area contributed by atoms with E-state index in [0.29, 0.717) is 18.6 Å². The summed E-state index contributed by atoms with van der Waals surface area (Å²) in [6.45, 7) is 10.7. The van der Waals surface area contributed by atoms with E-state index in [1.54, 1.807) is 0 Å². The maximum atomic E-state index is 12.9. The third-order valence-corrected chi connectivity index (χ3v) is 6.43. The molecule has 2 fully saturated rings. The Bertz CT molecular complexity index is 552. The summed E-state index contributed by atoms with van der Waals surface area (Å²) in [6, 6.07) is 8.20. The van der Waals surface area contributed by atoms with Gasteiger partial charge in [0, 0.05) is 32.7 Å². The van der Waals surface area contributed by atoms with Crippen molar-refractivity contribution in [2.45, 2.75) is 38.1 Å². The van der Waals surface area contributed by atoms with Gasteiger partial charge >= 0.3 is 0 Å². The highest BCUT2D eigenvalue weighted by Gasteiger charge is 2.37. The molecule has 0 amide bonds. The zero-order valence-corrected chi connectivity index (χ0v) is 15.1. The molecule has 0 radical (unpaired) electrons. The number of hydrogen-bond acceptors (Lipinski definition) is 3. The highest BCUT2D eigenvalue weighted by molar-refractivity contribution is 7.82. The maximum Gasteiger partial charge on any atom is 0.128 e. The van der Waals surface area contributed by atoms with Crippen LogP contribution < -0.4 is 0 Å². The molecule has 2 saturated heterocycles. The Kier molecular flexibility index (Phi) is 5.52. The third-order valence-electron chi connectivity index (χ3n) is 4.82. The average molecular weight is 337 g/mol. The number of benzene rings is 1. The zero-order chi connectivity index (χ0) is 16.3. The number of rotatable bonds is 6. The van der Waals surface area contributed by atoms with Crippen molar-refractivity contribution >= 4 is 11.0 Å². The normalized spacial score (nSPS) is 23.4. The first-order valence-electron chi connectivity index (χ1n) is 8.66. The molecule has 0 aliphatic carbocycles. The molecule has 0 N–H and O–H groups in total. The van der Waals surface area contributed by atoms with E-state index in [4.69, 9.17) is 4.74 Å². The van der Waals surface area contributed by atoms with E-state index in [1.807, 2.05) is 16.4 Å². The molecule has 3 rings (SSSR count). The van der Waals surface area contributed by atoms with Gasteiger partial charge in [-0.2, -0.15) is 0 Å². The molecule has 0 spiro atoms. The van der Waals surface area contributed by atoms with Gasteiger partial charge in [-0.15, -0.1) is 0 Å². The summed E-state index contributed by atoms with van der Waals surface area (Å²) >= 11 is 0. The fourth-order valence-corrected chi connectivity index (χ4v) is 5.11. The van der Waals surface area contributed by atoms with E-state index in [9.17, 15) is 4.21 Å². The van der Waals surface area contributed by atoms with Crippen LogP contribution in [0.15, 0.2) is 29.2 Å². The second kappa shape index (κ2) is 7.43. The van der Waals surface area contributed by atoms with Gasteiger partial charge in [0.15, 0.2) is 0 Å². The van der Waals surface area contributed by atoms with Crippen LogP contribution in [0, 0.1) is 5.41 Å². The highest BCUT2D eigenvalue weighted by Crippen LogP contribution is 2.35. The van der Waals surface area contributed by atoms with E-state index in [1.165, 1.54) is 18.4 Å². The van der Waals surface area contributed by atoms with Crippen LogP contribution in [0.25, 0.3) is 0 Å². The first-order chi connectivity index (χ1) is 11.1. The van der Waals surface area contributed by atoms with Crippen molar-refractivity contribution in [2.24, 2.45) is 5.41 Å². The van der Waals surface area contributed by atoms with Crippen LogP contribution in [0.3, 0.4) is 0 Å². The van der Waals surface area contributed by atoms with Crippen molar-refractivity contribution in [1.29, 1.82) is 0 Å². The van der Waals surface area contributed by atoms with E-state index in [2.05, 4.69) is 30.9 Å². The second-order valence-electron chi connectivity index (χ2n) is 7.10. The molecule has 4 nitrogen and oxygen atoms in total. The van der Waals surface area contributed by atoms with E-state index in [0.717, 1.165) is 37.6 Å². The Balaban J connectivity index is 1.66. The third kappa shape index (κ3) is 4.02. The quantitative estimate of drug-likeness (QED) is 0.801. The fourth-order valence-electron chi connectivity index (χ4n) is 3.80. The molecule has 2 aliphatic heterocycles. The zero-order valence-electron chi connectivity index (χ0n) is 14.3. The Hall–Kier alpha value is -0.750. The van der Waals surface area contributed by atoms with Crippen LogP contribution >= 0.6 is 0 Å². The molecule has 1 unspecified atom stereocenters. The van der Waals surface area contributed by atoms with Gasteiger partial charge in [-0.1, -0.05) is 38.5 Å². The van der Waals surface area contributed by atoms with Crippen molar-refractivity contribution in [3.63, 3.8) is 0 Å². The van der Waals surface area contributed by atoms with Crippen molar-refractivity contribution in [3.8, 4) is 0 Å². The molecule has 2 aliphatic rings. The minimum Gasteiger partial charge on any atom is -0.379 e. The molecule has 0 saturated carbocycles. The summed E-state index contributed by atoms with van der Waals surface area (Å²) in [5, 5.41) is 0. The molecule has 23 heavy (non-hydrogen) atoms. The molecule has 0 aromatic heterocycles. The average Bonchev–Trinajstić information content (AvgIpc) is 2.54. The minimum absolute atomic E-state index is 0.479. The molecular formula is C18H28N2O2S. The van der Waals surface area contributed by atoms with Crippen molar-refractivity contribution in [1.82, 2.24) is 9.21 Å². The van der Waals surface area contributed by atoms with Gasteiger partial charge in [0.25, 0.3) is 0 Å². The van der Waals surface area contributed by atoms with Gasteiger partial charge in [-0.25, -0.2) is 8.51 Å². The van der Waals surface area contributed by atoms with Crippen LogP contribution in [-0.4, -0.2) is 52.8 Å². The van der Waals surface area contributed by atoms with Gasteiger partial charge in [0.05, 0.1) is 18.1 Å². The molecule has 128 valence electrons. The number of morpholine rings is 1. The summed E-state index contributed by atoms with van der Waals surface area (Å²) in [7, 11) is -1.07. The Morgan fingerprint density at radius 3 is 2.61 bits per heavy atom. The lowest BCUT2D eigenvalue weighted by atomic mass is 9.78. The van der Waals surface area contributed by atoms with Gasteiger partial charge in [-0.3, -0.25) is 4.90 Å². The number of nitrogens with zero attached hydrogens (tertiary/aromatic N) is 2. The van der Waals surface area contributed by atoms with E-state index in [-0.39, 0.29) is 0 Å². The molecule has 1 atom stereocenters. The molecule has 5 heteroatoms. The van der Waals surface area contributed by atoms with Crippen LogP contribution in [0.4, 0.5) is 0 Å². The summed E-state index contributed by atoms with van der Waals surface area (Å²) < 4.78 is 20.3. The summed E-state index contributed by atoms with van der Waals surface area (Å²) in [6.07, 6.45) is 2.55. The monoisotopic (exact) mass is 336 g/mol. The maximum absolute atomic E-state index is 12.9. The minimum atomic E-state index is -1.07. The predicted octanol–water partition coefficient (Wildman–Crippen LogP) is 2.66. The van der Waals surface area contributed by atoms with Gasteiger partial charge in [-0.05, 0) is 23.5 Å². The summed E-state index contributed by atoms with van der Waals surface area (Å²) in [5.74, 6) is 0. The summed E-state index contributed by atoms with van der Waals surface area (Å²) in [5.41, 5.74) is 1.68. The molecule has 1 aromatic rings. The Morgan fingerprint density at radius 2 is 1.91 bits per heavy atom. The molecule has 1 aromatic carbocycles. The Morgan fingerprint density at radius 1 is 1.22 bits per heavy atom. The van der Waals surface area contributed by atoms with Crippen LogP contribution in [0.5, 0.6) is 0 Å². The van der Waals surface area contributed by atoms with Crippen LogP contribution in [-0.2, 0) is 22.3 Å². The predicted molar refractivity (Wildman–Crippen MR) is 93.5 cm³/mol. The Labute approximate surface area is 142 Å². The second-order valence-corrected chi connectivity index (χ2v) is 8.56. The first-order valence-corrected chi connectivity index (χ1v) is 9.77. The number of ether oxygens (including phenoxy) is 1. The standard InChI is InChI=1S/C18H28N2O2S/c1-3-8-18(2)14-19(15-18)13-16-6-4-5-7-17(16)23(21)20-9-11-22-12-10-20/h4-7H,3,8-15H2,1-2H3. The van der Waals surface area contributed by atoms with Crippen molar-refractivity contribution in [2.75, 3.05) is 39.4 Å². The van der Waals surface area contributed by atoms with Crippen molar-refractivity contribution in [3.05, 3.63) is 29.8 Å². The van der Waals surface area contributed by atoms with E-state index < -0.39 is 11.0 Å². The SMILES string of the molecule is CCCC1(C)CN(Cc2ccccc2S(=O)N2CCOCC2)C1. The molecule has 0 bridgehead atoms. The number of likely N-dealkylation sites (tertiary alicyclic amines) is 1. The van der Waals surface area contributed by atoms with E-state index >= 15 is 0 Å². The lowest BCUT2D eigenvalue weighted by Gasteiger charge is -2.48. The van der Waals surface area contributed by atoms with Gasteiger partial charge in [0.2, 0.25) is 0 Å². The lowest BCUT2D eigenvalue weighted by molar-refractivity contribution is 0.00142.